The fourth-order valence-electron chi connectivity index (χ4n) is 2.78. The molecule has 2 aromatic rings. The van der Waals surface area contributed by atoms with E-state index in [1.165, 1.54) is 4.31 Å². The highest BCUT2D eigenvalue weighted by atomic mass is 32.2. The molecule has 0 N–H and O–H groups in total. The largest absolute Gasteiger partial charge is 0.492 e. The van der Waals surface area contributed by atoms with Crippen LogP contribution in [0.4, 0.5) is 4.39 Å². The molecular formula is C17H20FN3O4S. The molecule has 0 radical (unpaired) electrons. The van der Waals surface area contributed by atoms with Crippen LogP contribution in [0.1, 0.15) is 19.8 Å². The van der Waals surface area contributed by atoms with Gasteiger partial charge in [0.1, 0.15) is 16.7 Å². The highest BCUT2D eigenvalue weighted by Gasteiger charge is 2.32. The van der Waals surface area contributed by atoms with Gasteiger partial charge in [-0.1, -0.05) is 12.1 Å². The summed E-state index contributed by atoms with van der Waals surface area (Å²) in [4.78, 5) is 7.70. The number of nitrogens with zero attached hydrogens (tertiary/aromatic N) is 3. The van der Waals surface area contributed by atoms with E-state index in [4.69, 9.17) is 9.47 Å². The number of piperidine rings is 1. The Hall–Kier alpha value is -2.26. The number of sulfonamides is 1. The Bertz CT molecular complexity index is 837. The normalized spacial score (nSPS) is 16.4. The summed E-state index contributed by atoms with van der Waals surface area (Å²) in [5, 5.41) is 0. The number of benzene rings is 1. The summed E-state index contributed by atoms with van der Waals surface area (Å²) in [6.45, 7) is 2.83. The van der Waals surface area contributed by atoms with E-state index < -0.39 is 15.8 Å². The molecule has 0 amide bonds. The van der Waals surface area contributed by atoms with Crippen molar-refractivity contribution < 1.29 is 22.3 Å². The van der Waals surface area contributed by atoms with Gasteiger partial charge in [0.15, 0.2) is 5.82 Å². The van der Waals surface area contributed by atoms with Gasteiger partial charge in [0.2, 0.25) is 10.0 Å². The molecule has 0 atom stereocenters. The van der Waals surface area contributed by atoms with Crippen molar-refractivity contribution in [3.8, 4) is 11.8 Å². The molecule has 0 aliphatic carbocycles. The van der Waals surface area contributed by atoms with Gasteiger partial charge in [-0.25, -0.2) is 22.8 Å². The number of aromatic nitrogens is 2. The third-order valence-corrected chi connectivity index (χ3v) is 5.97. The predicted molar refractivity (Wildman–Crippen MR) is 92.0 cm³/mol. The number of para-hydroxylation sites is 1. The van der Waals surface area contributed by atoms with Crippen LogP contribution in [0.15, 0.2) is 41.6 Å². The van der Waals surface area contributed by atoms with Crippen LogP contribution in [-0.2, 0) is 10.0 Å². The summed E-state index contributed by atoms with van der Waals surface area (Å²) in [6, 6.07) is 6.71. The summed E-state index contributed by atoms with van der Waals surface area (Å²) in [7, 11) is -3.64. The number of ether oxygens (including phenoxy) is 2. The topological polar surface area (TPSA) is 81.6 Å². The summed E-state index contributed by atoms with van der Waals surface area (Å²) in [6.07, 6.45) is 2.85. The summed E-state index contributed by atoms with van der Waals surface area (Å²) in [5.41, 5.74) is 0. The second kappa shape index (κ2) is 7.96. The summed E-state index contributed by atoms with van der Waals surface area (Å²) in [5.74, 6) is -0.181. The zero-order chi connectivity index (χ0) is 18.6. The van der Waals surface area contributed by atoms with E-state index in [2.05, 4.69) is 9.97 Å². The van der Waals surface area contributed by atoms with Gasteiger partial charge in [0, 0.05) is 13.1 Å². The monoisotopic (exact) mass is 381 g/mol. The molecule has 1 aliphatic heterocycles. The summed E-state index contributed by atoms with van der Waals surface area (Å²) < 4.78 is 51.2. The van der Waals surface area contributed by atoms with Crippen molar-refractivity contribution >= 4 is 10.0 Å². The average molecular weight is 381 g/mol. The predicted octanol–water partition coefficient (Wildman–Crippen LogP) is 2.25. The van der Waals surface area contributed by atoms with Crippen LogP contribution in [-0.4, -0.2) is 48.5 Å². The molecule has 3 rings (SSSR count). The molecule has 26 heavy (non-hydrogen) atoms. The lowest BCUT2D eigenvalue weighted by Gasteiger charge is -2.31. The van der Waals surface area contributed by atoms with Crippen LogP contribution in [0, 0.1) is 5.82 Å². The van der Waals surface area contributed by atoms with Gasteiger partial charge in [-0.05, 0) is 31.9 Å². The molecule has 9 heteroatoms. The molecule has 0 bridgehead atoms. The third-order valence-electron chi connectivity index (χ3n) is 4.04. The molecule has 1 fully saturated rings. The second-order valence-electron chi connectivity index (χ2n) is 5.78. The number of rotatable bonds is 6. The first kappa shape index (κ1) is 18.5. The first-order chi connectivity index (χ1) is 12.5. The molecular weight excluding hydrogens is 361 g/mol. The Morgan fingerprint density at radius 1 is 1.19 bits per heavy atom. The Morgan fingerprint density at radius 3 is 2.50 bits per heavy atom. The number of hydrogen-bond donors (Lipinski definition) is 0. The molecule has 2 heterocycles. The maximum atomic E-state index is 12.9. The van der Waals surface area contributed by atoms with E-state index in [0.29, 0.717) is 38.3 Å². The van der Waals surface area contributed by atoms with Crippen molar-refractivity contribution in [2.45, 2.75) is 30.8 Å². The van der Waals surface area contributed by atoms with E-state index in [0.717, 1.165) is 12.4 Å². The lowest BCUT2D eigenvalue weighted by molar-refractivity contribution is 0.123. The smallest absolute Gasteiger partial charge is 0.316 e. The van der Waals surface area contributed by atoms with Gasteiger partial charge in [-0.15, -0.1) is 0 Å². The Balaban J connectivity index is 1.66. The fourth-order valence-corrected chi connectivity index (χ4v) is 4.38. The lowest BCUT2D eigenvalue weighted by Crippen LogP contribution is -2.42. The fraction of sp³-hybridized carbons (Fsp3) is 0.412. The molecule has 140 valence electrons. The Kier molecular flexibility index (Phi) is 5.67. The van der Waals surface area contributed by atoms with Gasteiger partial charge in [-0.2, -0.15) is 4.31 Å². The van der Waals surface area contributed by atoms with Crippen molar-refractivity contribution in [3.05, 3.63) is 42.5 Å². The van der Waals surface area contributed by atoms with Gasteiger partial charge in [-0.3, -0.25) is 0 Å². The molecule has 1 saturated heterocycles. The van der Waals surface area contributed by atoms with Crippen LogP contribution in [0.5, 0.6) is 11.8 Å². The molecule has 0 saturated carbocycles. The standard InChI is InChI=1S/C17H20FN3O4S/c1-2-24-15-5-3-4-6-16(15)26(22,23)21-9-7-14(8-10-21)25-17-19-11-13(18)12-20-17/h3-6,11-12,14H,2,7-10H2,1H3. The van der Waals surface area contributed by atoms with Gasteiger partial charge < -0.3 is 9.47 Å². The van der Waals surface area contributed by atoms with Crippen molar-refractivity contribution in [3.63, 3.8) is 0 Å². The van der Waals surface area contributed by atoms with E-state index in [9.17, 15) is 12.8 Å². The molecule has 0 unspecified atom stereocenters. The highest BCUT2D eigenvalue weighted by molar-refractivity contribution is 7.89. The Labute approximate surface area is 151 Å². The second-order valence-corrected chi connectivity index (χ2v) is 7.69. The van der Waals surface area contributed by atoms with Crippen LogP contribution < -0.4 is 9.47 Å². The quantitative estimate of drug-likeness (QED) is 0.763. The number of halogens is 1. The zero-order valence-electron chi connectivity index (χ0n) is 14.3. The SMILES string of the molecule is CCOc1ccccc1S(=O)(=O)N1CCC(Oc2ncc(F)cn2)CC1. The highest BCUT2D eigenvalue weighted by Crippen LogP contribution is 2.29. The maximum Gasteiger partial charge on any atom is 0.316 e. The Morgan fingerprint density at radius 2 is 1.85 bits per heavy atom. The van der Waals surface area contributed by atoms with Crippen molar-refractivity contribution in [2.24, 2.45) is 0 Å². The minimum absolute atomic E-state index is 0.0920. The molecule has 1 aromatic carbocycles. The first-order valence-electron chi connectivity index (χ1n) is 8.37. The van der Waals surface area contributed by atoms with Gasteiger partial charge in [0.25, 0.3) is 0 Å². The van der Waals surface area contributed by atoms with Gasteiger partial charge in [0.05, 0.1) is 19.0 Å². The first-order valence-corrected chi connectivity index (χ1v) is 9.81. The van der Waals surface area contributed by atoms with Gasteiger partial charge >= 0.3 is 6.01 Å². The lowest BCUT2D eigenvalue weighted by atomic mass is 10.1. The van der Waals surface area contributed by atoms with Crippen molar-refractivity contribution in [1.29, 1.82) is 0 Å². The zero-order valence-corrected chi connectivity index (χ0v) is 15.2. The van der Waals surface area contributed by atoms with Crippen LogP contribution in [0.2, 0.25) is 0 Å². The third kappa shape index (κ3) is 4.10. The average Bonchev–Trinajstić information content (AvgIpc) is 2.65. The van der Waals surface area contributed by atoms with Crippen LogP contribution in [0.3, 0.4) is 0 Å². The van der Waals surface area contributed by atoms with Crippen molar-refractivity contribution in [1.82, 2.24) is 14.3 Å². The van der Waals surface area contributed by atoms with Crippen molar-refractivity contribution in [2.75, 3.05) is 19.7 Å². The van der Waals surface area contributed by atoms with E-state index in [-0.39, 0.29) is 17.0 Å². The molecule has 1 aliphatic rings. The van der Waals surface area contributed by atoms with E-state index in [1.807, 2.05) is 6.92 Å². The summed E-state index contributed by atoms with van der Waals surface area (Å²) >= 11 is 0. The van der Waals surface area contributed by atoms with E-state index in [1.54, 1.807) is 24.3 Å². The minimum atomic E-state index is -3.64. The molecule has 1 aromatic heterocycles. The van der Waals surface area contributed by atoms with Crippen LogP contribution in [0.25, 0.3) is 0 Å². The van der Waals surface area contributed by atoms with E-state index >= 15 is 0 Å². The molecule has 7 nitrogen and oxygen atoms in total. The van der Waals surface area contributed by atoms with Crippen LogP contribution >= 0.6 is 0 Å². The minimum Gasteiger partial charge on any atom is -0.492 e. The molecule has 0 spiro atoms. The number of hydrogen-bond acceptors (Lipinski definition) is 6. The maximum absolute atomic E-state index is 12.9.